The van der Waals surface area contributed by atoms with Crippen LogP contribution in [0.25, 0.3) is 0 Å². The summed E-state index contributed by atoms with van der Waals surface area (Å²) in [5, 5.41) is 0. The standard InChI is InChI=1S/C6H8N2OS2/c7-3-1-4(8)6(11-9)2-5(3)10/h1-2,9-10H,7-8H2. The van der Waals surface area contributed by atoms with Crippen molar-refractivity contribution in [1.82, 2.24) is 0 Å². The zero-order valence-corrected chi connectivity index (χ0v) is 7.32. The topological polar surface area (TPSA) is 72.3 Å². The van der Waals surface area contributed by atoms with Gasteiger partial charge in [-0.1, -0.05) is 0 Å². The van der Waals surface area contributed by atoms with E-state index in [0.717, 1.165) is 0 Å². The van der Waals surface area contributed by atoms with E-state index in [1.54, 1.807) is 12.1 Å². The summed E-state index contributed by atoms with van der Waals surface area (Å²) in [5.74, 6) is 0. The Bertz CT molecular complexity index is 278. The van der Waals surface area contributed by atoms with Crippen molar-refractivity contribution in [2.45, 2.75) is 9.79 Å². The number of thiol groups is 1. The molecule has 0 aromatic heterocycles. The van der Waals surface area contributed by atoms with E-state index < -0.39 is 0 Å². The van der Waals surface area contributed by atoms with Crippen LogP contribution >= 0.6 is 24.7 Å². The first-order chi connectivity index (χ1) is 5.15. The fraction of sp³-hybridized carbons (Fsp3) is 0. The first-order valence-electron chi connectivity index (χ1n) is 2.84. The van der Waals surface area contributed by atoms with Crippen LogP contribution in [0.2, 0.25) is 0 Å². The van der Waals surface area contributed by atoms with Crippen molar-refractivity contribution in [2.24, 2.45) is 0 Å². The number of hydrogen-bond donors (Lipinski definition) is 4. The van der Waals surface area contributed by atoms with E-state index >= 15 is 0 Å². The van der Waals surface area contributed by atoms with Crippen molar-refractivity contribution >= 4 is 36.0 Å². The summed E-state index contributed by atoms with van der Waals surface area (Å²) in [4.78, 5) is 1.19. The average molecular weight is 188 g/mol. The molecule has 1 aromatic rings. The molecule has 5 heteroatoms. The van der Waals surface area contributed by atoms with E-state index in [0.29, 0.717) is 33.2 Å². The third kappa shape index (κ3) is 1.74. The highest BCUT2D eigenvalue weighted by atomic mass is 32.2. The SMILES string of the molecule is Nc1cc(N)c(SO)cc1S. The van der Waals surface area contributed by atoms with Crippen LogP contribution in [0, 0.1) is 0 Å². The van der Waals surface area contributed by atoms with Crippen LogP contribution in [-0.2, 0) is 0 Å². The molecule has 60 valence electrons. The van der Waals surface area contributed by atoms with Gasteiger partial charge in [-0.3, -0.25) is 0 Å². The molecule has 0 atom stereocenters. The van der Waals surface area contributed by atoms with Gasteiger partial charge >= 0.3 is 0 Å². The highest BCUT2D eigenvalue weighted by Crippen LogP contribution is 2.29. The Morgan fingerprint density at radius 2 is 1.91 bits per heavy atom. The zero-order chi connectivity index (χ0) is 8.43. The Hall–Kier alpha value is -0.520. The van der Waals surface area contributed by atoms with Crippen molar-refractivity contribution in [3.05, 3.63) is 12.1 Å². The highest BCUT2D eigenvalue weighted by Gasteiger charge is 2.02. The molecule has 1 aromatic carbocycles. The average Bonchev–Trinajstić information content (AvgIpc) is 1.97. The lowest BCUT2D eigenvalue weighted by atomic mass is 10.3. The quantitative estimate of drug-likeness (QED) is 0.307. The predicted octanol–water partition coefficient (Wildman–Crippen LogP) is 1.70. The third-order valence-electron chi connectivity index (χ3n) is 1.26. The first kappa shape index (κ1) is 8.58. The molecule has 0 amide bonds. The van der Waals surface area contributed by atoms with Crippen LogP contribution in [0.4, 0.5) is 11.4 Å². The minimum atomic E-state index is 0.466. The second kappa shape index (κ2) is 3.25. The lowest BCUT2D eigenvalue weighted by molar-refractivity contribution is 0.664. The molecule has 0 radical (unpaired) electrons. The van der Waals surface area contributed by atoms with Crippen LogP contribution in [0.5, 0.6) is 0 Å². The smallest absolute Gasteiger partial charge is 0.0592 e. The van der Waals surface area contributed by atoms with Gasteiger partial charge in [-0.15, -0.1) is 12.6 Å². The fourth-order valence-corrected chi connectivity index (χ4v) is 1.30. The molecule has 0 saturated heterocycles. The van der Waals surface area contributed by atoms with Gasteiger partial charge < -0.3 is 16.0 Å². The minimum absolute atomic E-state index is 0.466. The molecular weight excluding hydrogens is 180 g/mol. The van der Waals surface area contributed by atoms with E-state index in [9.17, 15) is 0 Å². The molecule has 0 heterocycles. The van der Waals surface area contributed by atoms with Gasteiger partial charge in [0.05, 0.1) is 4.90 Å². The van der Waals surface area contributed by atoms with E-state index in [1.807, 2.05) is 0 Å². The molecular formula is C6H8N2OS2. The van der Waals surface area contributed by atoms with Gasteiger partial charge in [0.15, 0.2) is 0 Å². The van der Waals surface area contributed by atoms with Crippen LogP contribution in [-0.4, -0.2) is 4.55 Å². The zero-order valence-electron chi connectivity index (χ0n) is 5.61. The summed E-state index contributed by atoms with van der Waals surface area (Å²) in [6.07, 6.45) is 0. The summed E-state index contributed by atoms with van der Waals surface area (Å²) >= 11 is 4.65. The summed E-state index contributed by atoms with van der Waals surface area (Å²) in [7, 11) is 0. The molecule has 0 unspecified atom stereocenters. The predicted molar refractivity (Wildman–Crippen MR) is 51.0 cm³/mol. The number of nitrogen functional groups attached to an aromatic ring is 2. The molecule has 5 N–H and O–H groups in total. The summed E-state index contributed by atoms with van der Waals surface area (Å²) in [6.45, 7) is 0. The second-order valence-electron chi connectivity index (χ2n) is 2.04. The minimum Gasteiger partial charge on any atom is -0.398 e. The van der Waals surface area contributed by atoms with E-state index in [1.165, 1.54) is 0 Å². The van der Waals surface area contributed by atoms with Crippen LogP contribution in [0.15, 0.2) is 21.9 Å². The lowest BCUT2D eigenvalue weighted by Gasteiger charge is -2.04. The van der Waals surface area contributed by atoms with Crippen molar-refractivity contribution in [2.75, 3.05) is 11.5 Å². The van der Waals surface area contributed by atoms with Crippen LogP contribution in [0.3, 0.4) is 0 Å². The van der Waals surface area contributed by atoms with E-state index in [-0.39, 0.29) is 0 Å². The molecule has 0 fully saturated rings. The summed E-state index contributed by atoms with van der Waals surface area (Å²) in [5.41, 5.74) is 12.0. The maximum Gasteiger partial charge on any atom is 0.0592 e. The normalized spacial score (nSPS) is 10.0. The van der Waals surface area contributed by atoms with Gasteiger partial charge in [0.25, 0.3) is 0 Å². The van der Waals surface area contributed by atoms with E-state index in [4.69, 9.17) is 16.0 Å². The monoisotopic (exact) mass is 188 g/mol. The van der Waals surface area contributed by atoms with Gasteiger partial charge in [-0.2, -0.15) is 0 Å². The number of nitrogens with two attached hydrogens (primary N) is 2. The molecule has 0 aliphatic heterocycles. The lowest BCUT2D eigenvalue weighted by Crippen LogP contribution is -1.93. The number of benzene rings is 1. The third-order valence-corrected chi connectivity index (χ3v) is 2.19. The molecule has 11 heavy (non-hydrogen) atoms. The molecule has 1 rings (SSSR count). The Morgan fingerprint density at radius 1 is 1.27 bits per heavy atom. The van der Waals surface area contributed by atoms with Crippen molar-refractivity contribution < 1.29 is 4.55 Å². The fourth-order valence-electron chi connectivity index (χ4n) is 0.682. The highest BCUT2D eigenvalue weighted by molar-refractivity contribution is 7.94. The van der Waals surface area contributed by atoms with Gasteiger partial charge in [-0.25, -0.2) is 0 Å². The van der Waals surface area contributed by atoms with Crippen molar-refractivity contribution in [3.8, 4) is 0 Å². The maximum absolute atomic E-state index is 8.70. The number of anilines is 2. The maximum atomic E-state index is 8.70. The van der Waals surface area contributed by atoms with Gasteiger partial charge in [0, 0.05) is 28.3 Å². The summed E-state index contributed by atoms with van der Waals surface area (Å²) < 4.78 is 8.70. The Morgan fingerprint density at radius 3 is 2.45 bits per heavy atom. The molecule has 0 spiro atoms. The van der Waals surface area contributed by atoms with Gasteiger partial charge in [0.2, 0.25) is 0 Å². The molecule has 0 aliphatic rings. The molecule has 0 aliphatic carbocycles. The number of hydrogen-bond acceptors (Lipinski definition) is 5. The Balaban J connectivity index is 3.21. The largest absolute Gasteiger partial charge is 0.398 e. The van der Waals surface area contributed by atoms with E-state index in [2.05, 4.69) is 12.6 Å². The van der Waals surface area contributed by atoms with Crippen molar-refractivity contribution in [3.63, 3.8) is 0 Å². The first-order valence-corrected chi connectivity index (χ1v) is 4.06. The Kier molecular flexibility index (Phi) is 2.53. The molecule has 0 saturated carbocycles. The Labute approximate surface area is 74.4 Å². The van der Waals surface area contributed by atoms with Gasteiger partial charge in [0.1, 0.15) is 0 Å². The van der Waals surface area contributed by atoms with Crippen molar-refractivity contribution in [1.29, 1.82) is 0 Å². The van der Waals surface area contributed by atoms with Crippen LogP contribution in [0.1, 0.15) is 0 Å². The van der Waals surface area contributed by atoms with Crippen LogP contribution < -0.4 is 11.5 Å². The summed E-state index contributed by atoms with van der Waals surface area (Å²) in [6, 6.07) is 3.19. The number of rotatable bonds is 1. The van der Waals surface area contributed by atoms with Gasteiger partial charge in [-0.05, 0) is 12.1 Å². The second-order valence-corrected chi connectivity index (χ2v) is 3.14. The molecule has 0 bridgehead atoms. The molecule has 3 nitrogen and oxygen atoms in total.